The number of nitrogens with zero attached hydrogens (tertiary/aromatic N) is 2. The predicted octanol–water partition coefficient (Wildman–Crippen LogP) is 2.52. The maximum Gasteiger partial charge on any atom is 0.138 e. The van der Waals surface area contributed by atoms with Crippen molar-refractivity contribution >= 4 is 0 Å². The molecule has 1 heterocycles. The highest BCUT2D eigenvalue weighted by Crippen LogP contribution is 2.20. The van der Waals surface area contributed by atoms with E-state index in [2.05, 4.69) is 30.8 Å². The highest BCUT2D eigenvalue weighted by molar-refractivity contribution is 5.20. The number of aryl methyl sites for hydroxylation is 2. The summed E-state index contributed by atoms with van der Waals surface area (Å²) in [6, 6.07) is 0. The van der Waals surface area contributed by atoms with Crippen molar-refractivity contribution in [3.8, 4) is 0 Å². The molecule has 4 heteroatoms. The molecule has 0 amide bonds. The van der Waals surface area contributed by atoms with Crippen LogP contribution in [0.25, 0.3) is 0 Å². The molecule has 0 aliphatic carbocycles. The summed E-state index contributed by atoms with van der Waals surface area (Å²) in [7, 11) is 0. The molecule has 0 aliphatic rings. The lowest BCUT2D eigenvalue weighted by Gasteiger charge is -2.29. The van der Waals surface area contributed by atoms with Crippen LogP contribution in [-0.4, -0.2) is 34.9 Å². The molecule has 1 rings (SSSR count). The van der Waals surface area contributed by atoms with Crippen molar-refractivity contribution in [1.82, 2.24) is 10.1 Å². The zero-order valence-electron chi connectivity index (χ0n) is 12.3. The molecule has 0 radical (unpaired) electrons. The topological polar surface area (TPSA) is 49.5 Å². The highest BCUT2D eigenvalue weighted by Gasteiger charge is 2.19. The average Bonchev–Trinajstić information content (AvgIpc) is 2.55. The SMILES string of the molecule is Cc1noc(C)c1CN(CCCO)CC(C)(C)C. The standard InChI is InChI=1S/C14H26N2O2/c1-11-13(12(2)18-15-11)9-16(7-6-8-17)10-14(3,4)5/h17H,6-10H2,1-5H3. The summed E-state index contributed by atoms with van der Waals surface area (Å²) < 4.78 is 5.20. The van der Waals surface area contributed by atoms with Gasteiger partial charge in [0.05, 0.1) is 5.69 Å². The molecule has 1 N–H and O–H groups in total. The first-order chi connectivity index (χ1) is 8.33. The Hall–Kier alpha value is -0.870. The molecule has 0 aliphatic heterocycles. The van der Waals surface area contributed by atoms with Crippen LogP contribution >= 0.6 is 0 Å². The van der Waals surface area contributed by atoms with Crippen molar-refractivity contribution in [3.63, 3.8) is 0 Å². The molecule has 0 bridgehead atoms. The van der Waals surface area contributed by atoms with Crippen LogP contribution in [-0.2, 0) is 6.54 Å². The van der Waals surface area contributed by atoms with Crippen molar-refractivity contribution in [2.45, 2.75) is 47.6 Å². The van der Waals surface area contributed by atoms with Crippen molar-refractivity contribution in [2.75, 3.05) is 19.7 Å². The Bertz CT molecular complexity index is 347. The van der Waals surface area contributed by atoms with Crippen LogP contribution < -0.4 is 0 Å². The number of hydrogen-bond acceptors (Lipinski definition) is 4. The summed E-state index contributed by atoms with van der Waals surface area (Å²) in [6.45, 7) is 13.6. The number of aromatic nitrogens is 1. The van der Waals surface area contributed by atoms with E-state index in [4.69, 9.17) is 9.63 Å². The van der Waals surface area contributed by atoms with Crippen LogP contribution in [0.15, 0.2) is 4.52 Å². The maximum absolute atomic E-state index is 8.99. The fourth-order valence-corrected chi connectivity index (χ4v) is 2.13. The van der Waals surface area contributed by atoms with Gasteiger partial charge in [-0.25, -0.2) is 0 Å². The lowest BCUT2D eigenvalue weighted by atomic mass is 9.95. The summed E-state index contributed by atoms with van der Waals surface area (Å²) >= 11 is 0. The molecule has 0 unspecified atom stereocenters. The van der Waals surface area contributed by atoms with Gasteiger partial charge in [-0.2, -0.15) is 0 Å². The minimum Gasteiger partial charge on any atom is -0.396 e. The van der Waals surface area contributed by atoms with E-state index in [9.17, 15) is 0 Å². The van der Waals surface area contributed by atoms with Crippen molar-refractivity contribution in [3.05, 3.63) is 17.0 Å². The van der Waals surface area contributed by atoms with Crippen molar-refractivity contribution < 1.29 is 9.63 Å². The third kappa shape index (κ3) is 4.78. The van der Waals surface area contributed by atoms with Gasteiger partial charge in [0.25, 0.3) is 0 Å². The second kappa shape index (κ2) is 6.34. The Balaban J connectivity index is 2.71. The minimum absolute atomic E-state index is 0.238. The van der Waals surface area contributed by atoms with Gasteiger partial charge >= 0.3 is 0 Å². The van der Waals surface area contributed by atoms with Crippen molar-refractivity contribution in [1.29, 1.82) is 0 Å². The lowest BCUT2D eigenvalue weighted by Crippen LogP contribution is -2.33. The van der Waals surface area contributed by atoms with E-state index in [1.54, 1.807) is 0 Å². The van der Waals surface area contributed by atoms with Gasteiger partial charge in [-0.05, 0) is 25.7 Å². The minimum atomic E-state index is 0.238. The third-order valence-corrected chi connectivity index (χ3v) is 2.89. The average molecular weight is 254 g/mol. The number of aliphatic hydroxyl groups is 1. The number of hydrogen-bond donors (Lipinski definition) is 1. The molecule has 0 aromatic carbocycles. The second-order valence-electron chi connectivity index (χ2n) is 6.15. The Morgan fingerprint density at radius 1 is 1.28 bits per heavy atom. The summed E-state index contributed by atoms with van der Waals surface area (Å²) in [4.78, 5) is 2.36. The summed E-state index contributed by atoms with van der Waals surface area (Å²) in [6.07, 6.45) is 0.805. The summed E-state index contributed by atoms with van der Waals surface area (Å²) in [5.41, 5.74) is 2.39. The maximum atomic E-state index is 8.99. The van der Waals surface area contributed by atoms with Crippen LogP contribution in [0.2, 0.25) is 0 Å². The van der Waals surface area contributed by atoms with Gasteiger partial charge in [0.2, 0.25) is 0 Å². The number of aliphatic hydroxyl groups excluding tert-OH is 1. The quantitative estimate of drug-likeness (QED) is 0.847. The molecule has 1 aromatic rings. The molecule has 4 nitrogen and oxygen atoms in total. The van der Waals surface area contributed by atoms with Crippen LogP contribution in [0.5, 0.6) is 0 Å². The first kappa shape index (κ1) is 15.2. The van der Waals surface area contributed by atoms with E-state index in [-0.39, 0.29) is 12.0 Å². The molecule has 0 spiro atoms. The molecule has 0 saturated carbocycles. The molecular formula is C14H26N2O2. The normalized spacial score (nSPS) is 12.4. The molecule has 104 valence electrons. The Labute approximate surface area is 110 Å². The molecule has 0 saturated heterocycles. The van der Waals surface area contributed by atoms with Gasteiger partial charge in [0.1, 0.15) is 5.76 Å². The molecular weight excluding hydrogens is 228 g/mol. The summed E-state index contributed by atoms with van der Waals surface area (Å²) in [5.74, 6) is 0.899. The number of rotatable bonds is 6. The van der Waals surface area contributed by atoms with Crippen LogP contribution in [0.4, 0.5) is 0 Å². The van der Waals surface area contributed by atoms with Gasteiger partial charge in [-0.3, -0.25) is 4.90 Å². The second-order valence-corrected chi connectivity index (χ2v) is 6.15. The molecule has 0 fully saturated rings. The van der Waals surface area contributed by atoms with Gasteiger partial charge in [0, 0.05) is 31.8 Å². The van der Waals surface area contributed by atoms with E-state index in [0.29, 0.717) is 0 Å². The molecule has 1 aromatic heterocycles. The van der Waals surface area contributed by atoms with Gasteiger partial charge in [0.15, 0.2) is 0 Å². The first-order valence-electron chi connectivity index (χ1n) is 6.58. The highest BCUT2D eigenvalue weighted by atomic mass is 16.5. The molecule has 0 atom stereocenters. The van der Waals surface area contributed by atoms with Crippen LogP contribution in [0.3, 0.4) is 0 Å². The Morgan fingerprint density at radius 2 is 1.94 bits per heavy atom. The zero-order valence-corrected chi connectivity index (χ0v) is 12.3. The van der Waals surface area contributed by atoms with Gasteiger partial charge in [-0.15, -0.1) is 0 Å². The Kier molecular flexibility index (Phi) is 5.35. The third-order valence-electron chi connectivity index (χ3n) is 2.89. The summed E-state index contributed by atoms with van der Waals surface area (Å²) in [5, 5.41) is 13.0. The monoisotopic (exact) mass is 254 g/mol. The van der Waals surface area contributed by atoms with E-state index >= 15 is 0 Å². The van der Waals surface area contributed by atoms with Crippen LogP contribution in [0, 0.1) is 19.3 Å². The zero-order chi connectivity index (χ0) is 13.8. The van der Waals surface area contributed by atoms with Crippen molar-refractivity contribution in [2.24, 2.45) is 5.41 Å². The smallest absolute Gasteiger partial charge is 0.138 e. The predicted molar refractivity (Wildman–Crippen MR) is 72.4 cm³/mol. The Morgan fingerprint density at radius 3 is 2.39 bits per heavy atom. The fourth-order valence-electron chi connectivity index (χ4n) is 2.13. The van der Waals surface area contributed by atoms with Gasteiger partial charge < -0.3 is 9.63 Å². The van der Waals surface area contributed by atoms with Gasteiger partial charge in [-0.1, -0.05) is 25.9 Å². The fraction of sp³-hybridized carbons (Fsp3) is 0.786. The van der Waals surface area contributed by atoms with E-state index in [0.717, 1.165) is 37.5 Å². The van der Waals surface area contributed by atoms with Crippen LogP contribution in [0.1, 0.15) is 44.2 Å². The lowest BCUT2D eigenvalue weighted by molar-refractivity contribution is 0.165. The van der Waals surface area contributed by atoms with E-state index < -0.39 is 0 Å². The van der Waals surface area contributed by atoms with E-state index in [1.165, 1.54) is 5.56 Å². The largest absolute Gasteiger partial charge is 0.396 e. The van der Waals surface area contributed by atoms with E-state index in [1.807, 2.05) is 13.8 Å². The first-order valence-corrected chi connectivity index (χ1v) is 6.58. The molecule has 18 heavy (non-hydrogen) atoms.